The number of hydrogen-bond donors (Lipinski definition) is 1. The van der Waals surface area contributed by atoms with Gasteiger partial charge in [0, 0.05) is 11.4 Å². The minimum atomic E-state index is -0.729. The van der Waals surface area contributed by atoms with E-state index in [-0.39, 0.29) is 16.5 Å². The van der Waals surface area contributed by atoms with E-state index in [2.05, 4.69) is 5.32 Å². The van der Waals surface area contributed by atoms with Gasteiger partial charge in [0.2, 0.25) is 5.91 Å². The number of carbonyl (C=O) groups is 2. The van der Waals surface area contributed by atoms with Crippen LogP contribution in [0.2, 0.25) is 0 Å². The van der Waals surface area contributed by atoms with E-state index in [0.717, 1.165) is 22.9 Å². The van der Waals surface area contributed by atoms with Crippen LogP contribution >= 0.6 is 11.8 Å². The van der Waals surface area contributed by atoms with Gasteiger partial charge in [-0.1, -0.05) is 41.6 Å². The fourth-order valence-corrected chi connectivity index (χ4v) is 4.79. The first-order chi connectivity index (χ1) is 16.4. The molecule has 4 rings (SSSR count). The lowest BCUT2D eigenvalue weighted by Gasteiger charge is -2.18. The zero-order valence-corrected chi connectivity index (χ0v) is 18.9. The topological polar surface area (TPSA) is 73.2 Å². The van der Waals surface area contributed by atoms with E-state index in [9.17, 15) is 23.6 Å². The van der Waals surface area contributed by atoms with Gasteiger partial charge in [-0.15, -0.1) is 0 Å². The Morgan fingerprint density at radius 3 is 2.18 bits per heavy atom. The van der Waals surface area contributed by atoms with Crippen molar-refractivity contribution in [3.05, 3.63) is 106 Å². The molecule has 0 saturated carbocycles. The highest BCUT2D eigenvalue weighted by molar-refractivity contribution is 8.05. The summed E-state index contributed by atoms with van der Waals surface area (Å²) in [5.74, 6) is -1.98. The van der Waals surface area contributed by atoms with Crippen molar-refractivity contribution in [2.24, 2.45) is 0 Å². The number of rotatable bonds is 5. The summed E-state index contributed by atoms with van der Waals surface area (Å²) in [7, 11) is 0. The Kier molecular flexibility index (Phi) is 6.75. The van der Waals surface area contributed by atoms with Crippen molar-refractivity contribution in [3.8, 4) is 6.07 Å². The zero-order chi connectivity index (χ0) is 24.2. The van der Waals surface area contributed by atoms with Crippen LogP contribution in [-0.2, 0) is 16.0 Å². The van der Waals surface area contributed by atoms with Gasteiger partial charge in [-0.2, -0.15) is 5.26 Å². The standard InChI is InChI=1S/C26H19F2N3O2S/c1-16-2-4-17(5-3-16)14-23-25(33)31(21-12-8-19(28)9-13-21)26(34-23)22(15-29)24(32)30-20-10-6-18(27)7-11-20/h2-13,23H,14H2,1H3,(H,30,32). The van der Waals surface area contributed by atoms with Gasteiger partial charge in [0.05, 0.1) is 5.25 Å². The average molecular weight is 476 g/mol. The summed E-state index contributed by atoms with van der Waals surface area (Å²) in [4.78, 5) is 27.6. The Morgan fingerprint density at radius 1 is 1.00 bits per heavy atom. The van der Waals surface area contributed by atoms with Crippen LogP contribution < -0.4 is 10.2 Å². The largest absolute Gasteiger partial charge is 0.321 e. The molecule has 1 saturated heterocycles. The lowest BCUT2D eigenvalue weighted by atomic mass is 10.1. The van der Waals surface area contributed by atoms with Crippen molar-refractivity contribution < 1.29 is 18.4 Å². The number of nitrogens with one attached hydrogen (secondary N) is 1. The molecule has 0 aromatic heterocycles. The second kappa shape index (κ2) is 9.89. The number of thioether (sulfide) groups is 1. The number of amides is 2. The predicted molar refractivity (Wildman–Crippen MR) is 128 cm³/mol. The van der Waals surface area contributed by atoms with Gasteiger partial charge in [-0.25, -0.2) is 8.78 Å². The molecule has 1 atom stereocenters. The maximum Gasteiger partial charge on any atom is 0.269 e. The number of nitrogens with zero attached hydrogens (tertiary/aromatic N) is 2. The molecule has 1 fully saturated rings. The highest BCUT2D eigenvalue weighted by Crippen LogP contribution is 2.42. The van der Waals surface area contributed by atoms with Gasteiger partial charge in [0.25, 0.3) is 5.91 Å². The second-order valence-electron chi connectivity index (χ2n) is 7.70. The molecule has 2 amide bonds. The van der Waals surface area contributed by atoms with Gasteiger partial charge in [-0.05, 0) is 67.4 Å². The Labute approximate surface area is 199 Å². The Hall–Kier alpha value is -3.96. The molecule has 0 spiro atoms. The van der Waals surface area contributed by atoms with E-state index >= 15 is 0 Å². The first-order valence-corrected chi connectivity index (χ1v) is 11.3. The lowest BCUT2D eigenvalue weighted by Crippen LogP contribution is -2.30. The van der Waals surface area contributed by atoms with Crippen molar-refractivity contribution in [1.82, 2.24) is 0 Å². The first-order valence-electron chi connectivity index (χ1n) is 10.4. The van der Waals surface area contributed by atoms with E-state index in [0.29, 0.717) is 17.8 Å². The molecule has 1 heterocycles. The summed E-state index contributed by atoms with van der Waals surface area (Å²) in [6.07, 6.45) is 0.392. The summed E-state index contributed by atoms with van der Waals surface area (Å²) in [5, 5.41) is 12.0. The number of halogens is 2. The first kappa shape index (κ1) is 23.2. The van der Waals surface area contributed by atoms with Gasteiger partial charge in [-0.3, -0.25) is 14.5 Å². The van der Waals surface area contributed by atoms with Crippen LogP contribution in [0.5, 0.6) is 0 Å². The monoisotopic (exact) mass is 475 g/mol. The van der Waals surface area contributed by atoms with Crippen LogP contribution in [0.4, 0.5) is 20.2 Å². The third kappa shape index (κ3) is 5.00. The quantitative estimate of drug-likeness (QED) is 0.400. The van der Waals surface area contributed by atoms with Crippen LogP contribution in [0, 0.1) is 29.9 Å². The van der Waals surface area contributed by atoms with Crippen LogP contribution in [0.15, 0.2) is 83.4 Å². The van der Waals surface area contributed by atoms with E-state index in [1.54, 1.807) is 0 Å². The number of carbonyl (C=O) groups excluding carboxylic acids is 2. The molecule has 0 bridgehead atoms. The van der Waals surface area contributed by atoms with Gasteiger partial charge in [0.15, 0.2) is 0 Å². The zero-order valence-electron chi connectivity index (χ0n) is 18.1. The Balaban J connectivity index is 1.71. The smallest absolute Gasteiger partial charge is 0.269 e. The highest BCUT2D eigenvalue weighted by Gasteiger charge is 2.40. The van der Waals surface area contributed by atoms with E-state index in [1.807, 2.05) is 37.3 Å². The SMILES string of the molecule is Cc1ccc(CC2SC(=C(C#N)C(=O)Nc3ccc(F)cc3)N(c3ccc(F)cc3)C2=O)cc1. The van der Waals surface area contributed by atoms with Crippen molar-refractivity contribution in [2.75, 3.05) is 10.2 Å². The molecule has 1 aliphatic heterocycles. The molecule has 0 radical (unpaired) electrons. The summed E-state index contributed by atoms with van der Waals surface area (Å²) in [6, 6.07) is 20.1. The summed E-state index contributed by atoms with van der Waals surface area (Å²) in [5.41, 5.74) is 2.41. The van der Waals surface area contributed by atoms with E-state index in [1.165, 1.54) is 53.4 Å². The third-order valence-corrected chi connectivity index (χ3v) is 6.50. The Morgan fingerprint density at radius 2 is 1.59 bits per heavy atom. The van der Waals surface area contributed by atoms with Gasteiger partial charge >= 0.3 is 0 Å². The van der Waals surface area contributed by atoms with Crippen molar-refractivity contribution in [2.45, 2.75) is 18.6 Å². The fourth-order valence-electron chi connectivity index (χ4n) is 3.48. The number of aryl methyl sites for hydroxylation is 1. The van der Waals surface area contributed by atoms with Crippen molar-refractivity contribution >= 4 is 35.0 Å². The molecular weight excluding hydrogens is 456 g/mol. The summed E-state index contributed by atoms with van der Waals surface area (Å²) in [6.45, 7) is 1.97. The normalized spacial score (nSPS) is 16.8. The molecule has 5 nitrogen and oxygen atoms in total. The number of hydrogen-bond acceptors (Lipinski definition) is 4. The molecule has 170 valence electrons. The van der Waals surface area contributed by atoms with Crippen LogP contribution in [0.1, 0.15) is 11.1 Å². The molecule has 1 N–H and O–H groups in total. The number of nitriles is 1. The van der Waals surface area contributed by atoms with Gasteiger partial charge in [0.1, 0.15) is 28.3 Å². The lowest BCUT2D eigenvalue weighted by molar-refractivity contribution is -0.117. The highest BCUT2D eigenvalue weighted by atomic mass is 32.2. The predicted octanol–water partition coefficient (Wildman–Crippen LogP) is 5.34. The van der Waals surface area contributed by atoms with Crippen molar-refractivity contribution in [3.63, 3.8) is 0 Å². The minimum Gasteiger partial charge on any atom is -0.321 e. The number of benzene rings is 3. The van der Waals surface area contributed by atoms with Crippen LogP contribution in [0.3, 0.4) is 0 Å². The fraction of sp³-hybridized carbons (Fsp3) is 0.115. The van der Waals surface area contributed by atoms with Crippen molar-refractivity contribution in [1.29, 1.82) is 5.26 Å². The minimum absolute atomic E-state index is 0.163. The molecule has 34 heavy (non-hydrogen) atoms. The molecule has 3 aromatic carbocycles. The van der Waals surface area contributed by atoms with Gasteiger partial charge < -0.3 is 5.32 Å². The summed E-state index contributed by atoms with van der Waals surface area (Å²) < 4.78 is 26.7. The molecule has 1 aliphatic rings. The average Bonchev–Trinajstić information content (AvgIpc) is 3.13. The molecular formula is C26H19F2N3O2S. The molecule has 8 heteroatoms. The van der Waals surface area contributed by atoms with E-state index in [4.69, 9.17) is 0 Å². The maximum absolute atomic E-state index is 13.5. The maximum atomic E-state index is 13.5. The van der Waals surface area contributed by atoms with E-state index < -0.39 is 22.8 Å². The third-order valence-electron chi connectivity index (χ3n) is 5.23. The van der Waals surface area contributed by atoms with Crippen LogP contribution in [0.25, 0.3) is 0 Å². The van der Waals surface area contributed by atoms with Crippen LogP contribution in [-0.4, -0.2) is 17.1 Å². The second-order valence-corrected chi connectivity index (χ2v) is 8.89. The summed E-state index contributed by atoms with van der Waals surface area (Å²) >= 11 is 1.12. The molecule has 3 aromatic rings. The molecule has 0 aliphatic carbocycles. The molecule has 1 unspecified atom stereocenters. The number of anilines is 2. The Bertz CT molecular complexity index is 1300.